The van der Waals surface area contributed by atoms with E-state index in [0.717, 1.165) is 18.7 Å². The SMILES string of the molecule is COc1cccc(O[C@H](C)C(=O)Nc2ccc(N3CCCC3=O)cc2)c1. The zero-order valence-electron chi connectivity index (χ0n) is 14.9. The number of nitrogens with zero attached hydrogens (tertiary/aromatic N) is 1. The van der Waals surface area contributed by atoms with Crippen molar-refractivity contribution in [2.24, 2.45) is 0 Å². The number of methoxy groups -OCH3 is 1. The van der Waals surface area contributed by atoms with Gasteiger partial charge in [0.25, 0.3) is 5.91 Å². The fourth-order valence-electron chi connectivity index (χ4n) is 2.82. The molecule has 2 aromatic carbocycles. The van der Waals surface area contributed by atoms with Crippen LogP contribution < -0.4 is 19.7 Å². The van der Waals surface area contributed by atoms with E-state index in [4.69, 9.17) is 9.47 Å². The molecule has 0 radical (unpaired) electrons. The van der Waals surface area contributed by atoms with E-state index in [2.05, 4.69) is 5.32 Å². The van der Waals surface area contributed by atoms with Crippen molar-refractivity contribution >= 4 is 23.2 Å². The lowest BCUT2D eigenvalue weighted by atomic mass is 10.2. The van der Waals surface area contributed by atoms with Gasteiger partial charge in [0.05, 0.1) is 7.11 Å². The molecular formula is C20H22N2O4. The Kier molecular flexibility index (Phi) is 5.41. The Labute approximate surface area is 152 Å². The Morgan fingerprint density at radius 2 is 1.88 bits per heavy atom. The summed E-state index contributed by atoms with van der Waals surface area (Å²) < 4.78 is 10.8. The fourth-order valence-corrected chi connectivity index (χ4v) is 2.82. The summed E-state index contributed by atoms with van der Waals surface area (Å²) in [7, 11) is 1.58. The van der Waals surface area contributed by atoms with Gasteiger partial charge in [0, 0.05) is 30.4 Å². The molecule has 0 saturated carbocycles. The highest BCUT2D eigenvalue weighted by atomic mass is 16.5. The summed E-state index contributed by atoms with van der Waals surface area (Å²) in [5.74, 6) is 1.12. The summed E-state index contributed by atoms with van der Waals surface area (Å²) in [4.78, 5) is 25.9. The van der Waals surface area contributed by atoms with Crippen LogP contribution in [0.3, 0.4) is 0 Å². The van der Waals surface area contributed by atoms with Crippen molar-refractivity contribution in [2.45, 2.75) is 25.9 Å². The molecular weight excluding hydrogens is 332 g/mol. The van der Waals surface area contributed by atoms with Gasteiger partial charge in [0.1, 0.15) is 11.5 Å². The topological polar surface area (TPSA) is 67.9 Å². The molecule has 1 N–H and O–H groups in total. The van der Waals surface area contributed by atoms with Crippen LogP contribution in [-0.2, 0) is 9.59 Å². The molecule has 1 saturated heterocycles. The van der Waals surface area contributed by atoms with Crippen molar-refractivity contribution in [3.8, 4) is 11.5 Å². The first-order valence-electron chi connectivity index (χ1n) is 8.59. The number of benzene rings is 2. The molecule has 1 heterocycles. The highest BCUT2D eigenvalue weighted by molar-refractivity contribution is 5.96. The first kappa shape index (κ1) is 17.8. The van der Waals surface area contributed by atoms with Crippen LogP contribution in [0.5, 0.6) is 11.5 Å². The number of carbonyl (C=O) groups excluding carboxylic acids is 2. The first-order chi connectivity index (χ1) is 12.6. The van der Waals surface area contributed by atoms with Gasteiger partial charge in [-0.15, -0.1) is 0 Å². The van der Waals surface area contributed by atoms with Gasteiger partial charge in [0.2, 0.25) is 5.91 Å². The number of anilines is 2. The van der Waals surface area contributed by atoms with Crippen molar-refractivity contribution in [1.29, 1.82) is 0 Å². The standard InChI is InChI=1S/C20H22N2O4/c1-14(26-18-6-3-5-17(13-18)25-2)20(24)21-15-8-10-16(11-9-15)22-12-4-7-19(22)23/h3,5-6,8-11,13-14H,4,7,12H2,1-2H3,(H,21,24)/t14-/m1/s1. The average molecular weight is 354 g/mol. The molecule has 1 atom stereocenters. The fraction of sp³-hybridized carbons (Fsp3) is 0.300. The average Bonchev–Trinajstić information content (AvgIpc) is 3.08. The Balaban J connectivity index is 1.59. The monoisotopic (exact) mass is 354 g/mol. The Bertz CT molecular complexity index is 789. The lowest BCUT2D eigenvalue weighted by Crippen LogP contribution is -2.30. The lowest BCUT2D eigenvalue weighted by molar-refractivity contribution is -0.122. The molecule has 6 nitrogen and oxygen atoms in total. The van der Waals surface area contributed by atoms with Crippen molar-refractivity contribution < 1.29 is 19.1 Å². The number of hydrogen-bond donors (Lipinski definition) is 1. The number of rotatable bonds is 6. The third kappa shape index (κ3) is 4.14. The van der Waals surface area contributed by atoms with Gasteiger partial charge in [0.15, 0.2) is 6.10 Å². The minimum Gasteiger partial charge on any atom is -0.497 e. The number of ether oxygens (including phenoxy) is 2. The molecule has 1 aliphatic heterocycles. The van der Waals surface area contributed by atoms with Gasteiger partial charge in [-0.3, -0.25) is 9.59 Å². The van der Waals surface area contributed by atoms with Crippen LogP contribution in [0.25, 0.3) is 0 Å². The largest absolute Gasteiger partial charge is 0.497 e. The van der Waals surface area contributed by atoms with E-state index < -0.39 is 6.10 Å². The quantitative estimate of drug-likeness (QED) is 0.865. The van der Waals surface area contributed by atoms with Crippen LogP contribution >= 0.6 is 0 Å². The van der Waals surface area contributed by atoms with Gasteiger partial charge in [-0.05, 0) is 49.7 Å². The zero-order valence-corrected chi connectivity index (χ0v) is 14.9. The molecule has 26 heavy (non-hydrogen) atoms. The maximum atomic E-state index is 12.3. The third-order valence-electron chi connectivity index (χ3n) is 4.24. The van der Waals surface area contributed by atoms with Gasteiger partial charge in [-0.2, -0.15) is 0 Å². The molecule has 1 fully saturated rings. The van der Waals surface area contributed by atoms with Crippen LogP contribution in [-0.4, -0.2) is 31.6 Å². The van der Waals surface area contributed by atoms with Crippen molar-refractivity contribution in [3.63, 3.8) is 0 Å². The zero-order chi connectivity index (χ0) is 18.5. The summed E-state index contributed by atoms with van der Waals surface area (Å²) in [6.45, 7) is 2.43. The van der Waals surface area contributed by atoms with Gasteiger partial charge < -0.3 is 19.7 Å². The summed E-state index contributed by atoms with van der Waals surface area (Å²) >= 11 is 0. The number of amides is 2. The summed E-state index contributed by atoms with van der Waals surface area (Å²) in [6, 6.07) is 14.4. The van der Waals surface area contributed by atoms with Crippen LogP contribution in [0.2, 0.25) is 0 Å². The van der Waals surface area contributed by atoms with E-state index in [1.165, 1.54) is 0 Å². The molecule has 0 aromatic heterocycles. The maximum Gasteiger partial charge on any atom is 0.265 e. The maximum absolute atomic E-state index is 12.3. The lowest BCUT2D eigenvalue weighted by Gasteiger charge is -2.17. The number of nitrogens with one attached hydrogen (secondary N) is 1. The number of carbonyl (C=O) groups is 2. The van der Waals surface area contributed by atoms with E-state index >= 15 is 0 Å². The molecule has 136 valence electrons. The Morgan fingerprint density at radius 1 is 1.15 bits per heavy atom. The predicted molar refractivity (Wildman–Crippen MR) is 99.7 cm³/mol. The van der Waals surface area contributed by atoms with Crippen LogP contribution in [0.4, 0.5) is 11.4 Å². The molecule has 0 aliphatic carbocycles. The van der Waals surface area contributed by atoms with Crippen LogP contribution in [0.1, 0.15) is 19.8 Å². The van der Waals surface area contributed by atoms with E-state index in [9.17, 15) is 9.59 Å². The number of hydrogen-bond acceptors (Lipinski definition) is 4. The third-order valence-corrected chi connectivity index (χ3v) is 4.24. The Hall–Kier alpha value is -3.02. The molecule has 2 amide bonds. The first-order valence-corrected chi connectivity index (χ1v) is 8.59. The second kappa shape index (κ2) is 7.91. The van der Waals surface area contributed by atoms with E-state index in [1.54, 1.807) is 49.3 Å². The van der Waals surface area contributed by atoms with Crippen molar-refractivity contribution in [2.75, 3.05) is 23.9 Å². The predicted octanol–water partition coefficient (Wildman–Crippen LogP) is 3.23. The van der Waals surface area contributed by atoms with E-state index in [-0.39, 0.29) is 11.8 Å². The minimum atomic E-state index is -0.665. The van der Waals surface area contributed by atoms with Gasteiger partial charge >= 0.3 is 0 Å². The normalized spacial score (nSPS) is 14.8. The van der Waals surface area contributed by atoms with Gasteiger partial charge in [-0.1, -0.05) is 6.07 Å². The smallest absolute Gasteiger partial charge is 0.265 e. The molecule has 0 bridgehead atoms. The van der Waals surface area contributed by atoms with Crippen LogP contribution in [0, 0.1) is 0 Å². The summed E-state index contributed by atoms with van der Waals surface area (Å²) in [5, 5.41) is 2.82. The highest BCUT2D eigenvalue weighted by Crippen LogP contribution is 2.24. The summed E-state index contributed by atoms with van der Waals surface area (Å²) in [6.07, 6.45) is 0.815. The van der Waals surface area contributed by atoms with Gasteiger partial charge in [-0.25, -0.2) is 0 Å². The van der Waals surface area contributed by atoms with Crippen molar-refractivity contribution in [1.82, 2.24) is 0 Å². The molecule has 3 rings (SSSR count). The van der Waals surface area contributed by atoms with Crippen LogP contribution in [0.15, 0.2) is 48.5 Å². The minimum absolute atomic E-state index is 0.141. The highest BCUT2D eigenvalue weighted by Gasteiger charge is 2.21. The molecule has 0 unspecified atom stereocenters. The molecule has 6 heteroatoms. The van der Waals surface area contributed by atoms with E-state index in [1.807, 2.05) is 18.2 Å². The summed E-state index contributed by atoms with van der Waals surface area (Å²) in [5.41, 5.74) is 1.51. The second-order valence-electron chi connectivity index (χ2n) is 6.12. The van der Waals surface area contributed by atoms with Crippen molar-refractivity contribution in [3.05, 3.63) is 48.5 Å². The van der Waals surface area contributed by atoms with E-state index in [0.29, 0.717) is 23.6 Å². The molecule has 0 spiro atoms. The molecule has 2 aromatic rings. The Morgan fingerprint density at radius 3 is 2.54 bits per heavy atom. The molecule has 1 aliphatic rings. The second-order valence-corrected chi connectivity index (χ2v) is 6.12.